The number of carbonyl (C=O) groups excluding carboxylic acids is 1. The maximum Gasteiger partial charge on any atom is 0.163 e. The van der Waals surface area contributed by atoms with Crippen molar-refractivity contribution in [1.29, 1.82) is 0 Å². The molecule has 1 fully saturated rings. The Bertz CT molecular complexity index is 758. The maximum absolute atomic E-state index is 13.0. The van der Waals surface area contributed by atoms with Crippen LogP contribution in [0.15, 0.2) is 48.5 Å². The molecule has 2 aromatic rings. The third-order valence-electron chi connectivity index (χ3n) is 4.88. The van der Waals surface area contributed by atoms with Gasteiger partial charge in [0.2, 0.25) is 0 Å². The number of aliphatic hydroxyl groups excluding tert-OH is 1. The molecule has 5 nitrogen and oxygen atoms in total. The number of para-hydroxylation sites is 1. The molecule has 0 spiro atoms. The Balaban J connectivity index is 1.45. The first kappa shape index (κ1) is 19.3. The molecule has 144 valence electrons. The minimum absolute atomic E-state index is 0.0531. The number of hydrogen-bond donors (Lipinski definition) is 2. The average Bonchev–Trinajstić information content (AvgIpc) is 2.68. The number of ketones is 1. The van der Waals surface area contributed by atoms with Crippen molar-refractivity contribution in [2.24, 2.45) is 0 Å². The summed E-state index contributed by atoms with van der Waals surface area (Å²) in [6.07, 6.45) is -0.600. The van der Waals surface area contributed by atoms with Crippen LogP contribution in [0.25, 0.3) is 0 Å². The average molecular weight is 373 g/mol. The molecule has 6 heteroatoms. The summed E-state index contributed by atoms with van der Waals surface area (Å²) in [5, 5.41) is 10.3. The second-order valence-electron chi connectivity index (χ2n) is 6.93. The van der Waals surface area contributed by atoms with Crippen molar-refractivity contribution in [3.63, 3.8) is 0 Å². The van der Waals surface area contributed by atoms with Gasteiger partial charge in [-0.1, -0.05) is 12.1 Å². The zero-order valence-corrected chi connectivity index (χ0v) is 15.5. The van der Waals surface area contributed by atoms with Gasteiger partial charge in [-0.25, -0.2) is 4.39 Å². The van der Waals surface area contributed by atoms with Crippen LogP contribution in [-0.4, -0.2) is 56.3 Å². The predicted octanol–water partition coefficient (Wildman–Crippen LogP) is 1.17. The number of piperazine rings is 1. The van der Waals surface area contributed by atoms with Gasteiger partial charge in [0.1, 0.15) is 30.8 Å². The lowest BCUT2D eigenvalue weighted by Crippen LogP contribution is -3.16. The van der Waals surface area contributed by atoms with Gasteiger partial charge in [-0.05, 0) is 43.3 Å². The molecular formula is C21H26FN2O3+. The van der Waals surface area contributed by atoms with Gasteiger partial charge in [-0.3, -0.25) is 4.79 Å². The van der Waals surface area contributed by atoms with E-state index in [1.807, 2.05) is 6.07 Å². The number of nitrogens with one attached hydrogen (secondary N) is 1. The van der Waals surface area contributed by atoms with Crippen molar-refractivity contribution in [1.82, 2.24) is 0 Å². The highest BCUT2D eigenvalue weighted by atomic mass is 19.1. The van der Waals surface area contributed by atoms with Crippen LogP contribution in [0.5, 0.6) is 5.75 Å². The second kappa shape index (κ2) is 8.97. The predicted molar refractivity (Wildman–Crippen MR) is 102 cm³/mol. The zero-order valence-electron chi connectivity index (χ0n) is 15.5. The number of quaternary nitrogens is 1. The zero-order chi connectivity index (χ0) is 19.2. The minimum Gasteiger partial charge on any atom is -0.490 e. The molecule has 1 aliphatic heterocycles. The fourth-order valence-corrected chi connectivity index (χ4v) is 3.40. The molecule has 1 atom stereocenters. The second-order valence-corrected chi connectivity index (χ2v) is 6.93. The highest BCUT2D eigenvalue weighted by Gasteiger charge is 2.23. The van der Waals surface area contributed by atoms with Crippen molar-refractivity contribution in [3.05, 3.63) is 59.9 Å². The Morgan fingerprint density at radius 3 is 2.52 bits per heavy atom. The molecule has 0 saturated carbocycles. The van der Waals surface area contributed by atoms with Gasteiger partial charge in [0.05, 0.1) is 31.7 Å². The molecule has 1 aliphatic rings. The number of rotatable bonds is 7. The van der Waals surface area contributed by atoms with Crippen molar-refractivity contribution >= 4 is 11.5 Å². The Labute approximate surface area is 159 Å². The lowest BCUT2D eigenvalue weighted by molar-refractivity contribution is -0.903. The number of carbonyl (C=O) groups is 1. The van der Waals surface area contributed by atoms with Crippen LogP contribution >= 0.6 is 0 Å². The maximum atomic E-state index is 13.0. The monoisotopic (exact) mass is 373 g/mol. The number of halogens is 1. The van der Waals surface area contributed by atoms with E-state index in [4.69, 9.17) is 4.74 Å². The van der Waals surface area contributed by atoms with Gasteiger partial charge in [0.25, 0.3) is 0 Å². The van der Waals surface area contributed by atoms with Gasteiger partial charge in [0, 0.05) is 5.69 Å². The molecule has 1 heterocycles. The van der Waals surface area contributed by atoms with Crippen LogP contribution in [0.1, 0.15) is 17.3 Å². The molecule has 2 aromatic carbocycles. The summed E-state index contributed by atoms with van der Waals surface area (Å²) < 4.78 is 18.7. The van der Waals surface area contributed by atoms with Gasteiger partial charge in [-0.15, -0.1) is 0 Å². The quantitative estimate of drug-likeness (QED) is 0.716. The minimum atomic E-state index is -0.600. The van der Waals surface area contributed by atoms with Crippen LogP contribution < -0.4 is 14.5 Å². The third-order valence-corrected chi connectivity index (χ3v) is 4.88. The van der Waals surface area contributed by atoms with E-state index in [0.717, 1.165) is 31.9 Å². The highest BCUT2D eigenvalue weighted by Crippen LogP contribution is 2.18. The smallest absolute Gasteiger partial charge is 0.163 e. The van der Waals surface area contributed by atoms with Crippen molar-refractivity contribution in [3.8, 4) is 5.75 Å². The SMILES string of the molecule is CC(=O)c1ccccc1OC[C@H](O)C[NH+]1CCN(c2ccc(F)cc2)CC1. The van der Waals surface area contributed by atoms with E-state index in [-0.39, 0.29) is 18.2 Å². The number of benzene rings is 2. The van der Waals surface area contributed by atoms with Crippen LogP contribution in [0, 0.1) is 5.82 Å². The number of Topliss-reactive ketones (excluding diaryl/α,β-unsaturated/α-hetero) is 1. The van der Waals surface area contributed by atoms with Gasteiger partial charge >= 0.3 is 0 Å². The van der Waals surface area contributed by atoms with Crippen LogP contribution in [-0.2, 0) is 0 Å². The normalized spacial score (nSPS) is 16.2. The summed E-state index contributed by atoms with van der Waals surface area (Å²) in [6.45, 7) is 5.79. The summed E-state index contributed by atoms with van der Waals surface area (Å²) in [4.78, 5) is 15.2. The molecule has 0 amide bonds. The first-order chi connectivity index (χ1) is 13.0. The lowest BCUT2D eigenvalue weighted by atomic mass is 10.1. The van der Waals surface area contributed by atoms with Crippen molar-refractivity contribution in [2.45, 2.75) is 13.0 Å². The van der Waals surface area contributed by atoms with Crippen LogP contribution in [0.2, 0.25) is 0 Å². The molecule has 3 rings (SSSR count). The van der Waals surface area contributed by atoms with E-state index in [9.17, 15) is 14.3 Å². The van der Waals surface area contributed by atoms with E-state index in [2.05, 4.69) is 4.90 Å². The Hall–Kier alpha value is -2.44. The standard InChI is InChI=1S/C21H25FN2O3/c1-16(25)20-4-2-3-5-21(20)27-15-19(26)14-23-10-12-24(13-11-23)18-8-6-17(22)7-9-18/h2-9,19,26H,10-15H2,1H3/p+1/t19-/m1/s1. The molecule has 0 radical (unpaired) electrons. The summed E-state index contributed by atoms with van der Waals surface area (Å²) in [7, 11) is 0. The van der Waals surface area contributed by atoms with Gasteiger partial charge < -0.3 is 19.6 Å². The van der Waals surface area contributed by atoms with Crippen molar-refractivity contribution < 1.29 is 23.9 Å². The summed E-state index contributed by atoms with van der Waals surface area (Å²) in [5.74, 6) is 0.236. The number of aliphatic hydroxyl groups is 1. The van der Waals surface area contributed by atoms with E-state index >= 15 is 0 Å². The molecule has 27 heavy (non-hydrogen) atoms. The molecule has 2 N–H and O–H groups in total. The molecule has 0 aromatic heterocycles. The summed E-state index contributed by atoms with van der Waals surface area (Å²) >= 11 is 0. The Morgan fingerprint density at radius 2 is 1.85 bits per heavy atom. The lowest BCUT2D eigenvalue weighted by Gasteiger charge is -2.34. The van der Waals surface area contributed by atoms with Crippen LogP contribution in [0.3, 0.4) is 0 Å². The van der Waals surface area contributed by atoms with E-state index in [1.54, 1.807) is 30.3 Å². The number of nitrogens with zero attached hydrogens (tertiary/aromatic N) is 1. The first-order valence-corrected chi connectivity index (χ1v) is 9.28. The van der Waals surface area contributed by atoms with Crippen molar-refractivity contribution in [2.75, 3.05) is 44.2 Å². The summed E-state index contributed by atoms with van der Waals surface area (Å²) in [6, 6.07) is 13.6. The molecule has 0 bridgehead atoms. The number of hydrogen-bond acceptors (Lipinski definition) is 4. The van der Waals surface area contributed by atoms with E-state index < -0.39 is 6.10 Å². The fraction of sp³-hybridized carbons (Fsp3) is 0.381. The first-order valence-electron chi connectivity index (χ1n) is 9.28. The largest absolute Gasteiger partial charge is 0.490 e. The summed E-state index contributed by atoms with van der Waals surface area (Å²) in [5.41, 5.74) is 1.56. The fourth-order valence-electron chi connectivity index (χ4n) is 3.40. The Morgan fingerprint density at radius 1 is 1.19 bits per heavy atom. The topological polar surface area (TPSA) is 54.2 Å². The molecular weight excluding hydrogens is 347 g/mol. The molecule has 0 aliphatic carbocycles. The van der Waals surface area contributed by atoms with Crippen LogP contribution in [0.4, 0.5) is 10.1 Å². The van der Waals surface area contributed by atoms with Gasteiger partial charge in [-0.2, -0.15) is 0 Å². The number of ether oxygens (including phenoxy) is 1. The van der Waals surface area contributed by atoms with Gasteiger partial charge in [0.15, 0.2) is 5.78 Å². The Kier molecular flexibility index (Phi) is 6.42. The number of anilines is 1. The molecule has 1 saturated heterocycles. The highest BCUT2D eigenvalue weighted by molar-refractivity contribution is 5.96. The van der Waals surface area contributed by atoms with E-state index in [1.165, 1.54) is 24.0 Å². The van der Waals surface area contributed by atoms with E-state index in [0.29, 0.717) is 17.9 Å². The molecule has 0 unspecified atom stereocenters. The third kappa shape index (κ3) is 5.28.